The van der Waals surface area contributed by atoms with Crippen molar-refractivity contribution >= 4 is 38.7 Å². The molecule has 1 saturated carbocycles. The van der Waals surface area contributed by atoms with Crippen molar-refractivity contribution in [3.05, 3.63) is 35.8 Å². The Balaban J connectivity index is 1.70. The maximum atomic E-state index is 13.3. The summed E-state index contributed by atoms with van der Waals surface area (Å²) in [5, 5.41) is 7.63. The summed E-state index contributed by atoms with van der Waals surface area (Å²) in [7, 11) is 0. The number of esters is 1. The van der Waals surface area contributed by atoms with Gasteiger partial charge in [-0.05, 0) is 44.0 Å². The molecule has 0 atom stereocenters. The number of hydrogen-bond donors (Lipinski definition) is 1. The van der Waals surface area contributed by atoms with Crippen molar-refractivity contribution in [2.24, 2.45) is 5.92 Å². The molecule has 152 valence electrons. The average molecular weight is 416 g/mol. The van der Waals surface area contributed by atoms with Crippen LogP contribution < -0.4 is 5.32 Å². The van der Waals surface area contributed by atoms with E-state index in [4.69, 9.17) is 4.74 Å². The maximum absolute atomic E-state index is 13.3. The van der Waals surface area contributed by atoms with E-state index in [1.54, 1.807) is 19.1 Å². The third-order valence-corrected chi connectivity index (χ3v) is 5.94. The number of ether oxygens (including phenoxy) is 1. The van der Waals surface area contributed by atoms with Crippen molar-refractivity contribution in [3.63, 3.8) is 0 Å². The van der Waals surface area contributed by atoms with Gasteiger partial charge in [0.05, 0.1) is 12.3 Å². The number of rotatable bonds is 5. The zero-order valence-corrected chi connectivity index (χ0v) is 16.8. The number of hydrogen-bond acceptors (Lipinski definition) is 6. The molecule has 7 nitrogen and oxygen atoms in total. The van der Waals surface area contributed by atoms with Gasteiger partial charge in [0.25, 0.3) is 0 Å². The number of halogens is 1. The fraction of sp³-hybridized carbons (Fsp3) is 0.400. The zero-order chi connectivity index (χ0) is 20.4. The van der Waals surface area contributed by atoms with E-state index in [1.807, 2.05) is 0 Å². The second kappa shape index (κ2) is 8.28. The predicted octanol–water partition coefficient (Wildman–Crippen LogP) is 4.32. The Morgan fingerprint density at radius 3 is 2.66 bits per heavy atom. The van der Waals surface area contributed by atoms with Crippen LogP contribution in [0.1, 0.15) is 49.5 Å². The topological polar surface area (TPSA) is 86.1 Å². The Morgan fingerprint density at radius 2 is 1.97 bits per heavy atom. The molecule has 3 aromatic rings. The van der Waals surface area contributed by atoms with Gasteiger partial charge in [-0.15, -0.1) is 0 Å². The summed E-state index contributed by atoms with van der Waals surface area (Å²) in [5.41, 5.74) is 1.10. The van der Waals surface area contributed by atoms with Gasteiger partial charge in [0.2, 0.25) is 5.91 Å². The number of carbonyl (C=O) groups is 2. The standard InChI is InChI=1S/C20H21FN4O3S/c1-2-28-19(27)15-16-17(25(24-15)14-10-8-13(21)9-11-14)22-20(29-16)23-18(26)12-6-4-3-5-7-12/h8-12H,2-7H2,1H3,(H,22,23,26). The third-order valence-electron chi connectivity index (χ3n) is 4.97. The Labute approximate surface area is 170 Å². The Hall–Kier alpha value is -2.81. The van der Waals surface area contributed by atoms with Crippen LogP contribution in [0.3, 0.4) is 0 Å². The number of carbonyl (C=O) groups excluding carboxylic acids is 2. The van der Waals surface area contributed by atoms with Crippen LogP contribution in [-0.2, 0) is 9.53 Å². The molecule has 1 aromatic carbocycles. The number of amides is 1. The summed E-state index contributed by atoms with van der Waals surface area (Å²) >= 11 is 1.19. The highest BCUT2D eigenvalue weighted by Crippen LogP contribution is 2.32. The minimum atomic E-state index is -0.563. The van der Waals surface area contributed by atoms with E-state index in [0.717, 1.165) is 25.7 Å². The Morgan fingerprint density at radius 1 is 1.24 bits per heavy atom. The number of thiazole rings is 1. The minimum Gasteiger partial charge on any atom is -0.461 e. The molecule has 0 radical (unpaired) electrons. The summed E-state index contributed by atoms with van der Waals surface area (Å²) < 4.78 is 20.4. The number of nitrogens with one attached hydrogen (secondary N) is 1. The van der Waals surface area contributed by atoms with Crippen LogP contribution in [0.4, 0.5) is 9.52 Å². The SMILES string of the molecule is CCOC(=O)c1nn(-c2ccc(F)cc2)c2nc(NC(=O)C3CCCCC3)sc12. The molecule has 1 N–H and O–H groups in total. The van der Waals surface area contributed by atoms with Crippen molar-refractivity contribution in [1.82, 2.24) is 14.8 Å². The fourth-order valence-corrected chi connectivity index (χ4v) is 4.44. The van der Waals surface area contributed by atoms with Gasteiger partial charge in [-0.25, -0.2) is 13.9 Å². The first-order valence-corrected chi connectivity index (χ1v) is 10.5. The van der Waals surface area contributed by atoms with Gasteiger partial charge in [0.1, 0.15) is 10.5 Å². The monoisotopic (exact) mass is 416 g/mol. The zero-order valence-electron chi connectivity index (χ0n) is 16.0. The van der Waals surface area contributed by atoms with Crippen LogP contribution in [0.25, 0.3) is 16.0 Å². The summed E-state index contributed by atoms with van der Waals surface area (Å²) in [4.78, 5) is 29.4. The number of aromatic nitrogens is 3. The van der Waals surface area contributed by atoms with Gasteiger partial charge in [-0.3, -0.25) is 4.79 Å². The van der Waals surface area contributed by atoms with Crippen LogP contribution in [0.15, 0.2) is 24.3 Å². The summed E-state index contributed by atoms with van der Waals surface area (Å²) in [6.07, 6.45) is 5.05. The van der Waals surface area contributed by atoms with Gasteiger partial charge in [0.15, 0.2) is 16.5 Å². The molecule has 0 unspecified atom stereocenters. The van der Waals surface area contributed by atoms with Crippen molar-refractivity contribution in [2.75, 3.05) is 11.9 Å². The van der Waals surface area contributed by atoms with Gasteiger partial charge in [0, 0.05) is 5.92 Å². The number of anilines is 1. The smallest absolute Gasteiger partial charge is 0.360 e. The van der Waals surface area contributed by atoms with Crippen LogP contribution in [0.2, 0.25) is 0 Å². The van der Waals surface area contributed by atoms with Gasteiger partial charge >= 0.3 is 5.97 Å². The first-order chi connectivity index (χ1) is 14.1. The van der Waals surface area contributed by atoms with E-state index in [0.29, 0.717) is 21.2 Å². The molecule has 29 heavy (non-hydrogen) atoms. The highest BCUT2D eigenvalue weighted by atomic mass is 32.1. The molecule has 0 aliphatic heterocycles. The molecule has 1 fully saturated rings. The van der Waals surface area contributed by atoms with E-state index >= 15 is 0 Å². The molecule has 1 aliphatic rings. The quantitative estimate of drug-likeness (QED) is 0.626. The lowest BCUT2D eigenvalue weighted by molar-refractivity contribution is -0.120. The maximum Gasteiger partial charge on any atom is 0.360 e. The number of benzene rings is 1. The van der Waals surface area contributed by atoms with E-state index < -0.39 is 5.97 Å². The second-order valence-corrected chi connectivity index (χ2v) is 7.95. The Bertz CT molecular complexity index is 1040. The molecule has 0 saturated heterocycles. The molecular weight excluding hydrogens is 395 g/mol. The van der Waals surface area contributed by atoms with Crippen LogP contribution in [0.5, 0.6) is 0 Å². The van der Waals surface area contributed by atoms with Gasteiger partial charge < -0.3 is 10.1 Å². The van der Waals surface area contributed by atoms with Crippen LogP contribution in [0, 0.1) is 11.7 Å². The molecule has 0 spiro atoms. The first-order valence-electron chi connectivity index (χ1n) is 9.70. The van der Waals surface area contributed by atoms with E-state index in [2.05, 4.69) is 15.4 Å². The highest BCUT2D eigenvalue weighted by molar-refractivity contribution is 7.22. The normalized spacial score (nSPS) is 14.8. The molecule has 1 aliphatic carbocycles. The Kier molecular flexibility index (Phi) is 5.57. The van der Waals surface area contributed by atoms with Gasteiger partial charge in [-0.2, -0.15) is 10.1 Å². The van der Waals surface area contributed by atoms with E-state index in [9.17, 15) is 14.0 Å². The number of fused-ring (bicyclic) bond motifs is 1. The fourth-order valence-electron chi connectivity index (χ4n) is 3.52. The van der Waals surface area contributed by atoms with E-state index in [1.165, 1.54) is 34.6 Å². The lowest BCUT2D eigenvalue weighted by Gasteiger charge is -2.19. The summed E-state index contributed by atoms with van der Waals surface area (Å²) in [5.74, 6) is -0.984. The molecule has 1 amide bonds. The lowest BCUT2D eigenvalue weighted by atomic mass is 9.89. The average Bonchev–Trinajstić information content (AvgIpc) is 3.28. The van der Waals surface area contributed by atoms with Crippen molar-refractivity contribution < 1.29 is 18.7 Å². The molecule has 4 rings (SSSR count). The predicted molar refractivity (Wildman–Crippen MR) is 108 cm³/mol. The number of nitrogens with zero attached hydrogens (tertiary/aromatic N) is 3. The first kappa shape index (κ1) is 19.5. The molecule has 0 bridgehead atoms. The molecule has 2 heterocycles. The third kappa shape index (κ3) is 4.00. The minimum absolute atomic E-state index is 0.00566. The summed E-state index contributed by atoms with van der Waals surface area (Å²) in [6, 6.07) is 5.72. The lowest BCUT2D eigenvalue weighted by Crippen LogP contribution is -2.24. The van der Waals surface area contributed by atoms with Crippen molar-refractivity contribution in [3.8, 4) is 5.69 Å². The van der Waals surface area contributed by atoms with Crippen LogP contribution >= 0.6 is 11.3 Å². The van der Waals surface area contributed by atoms with Gasteiger partial charge in [-0.1, -0.05) is 30.6 Å². The highest BCUT2D eigenvalue weighted by Gasteiger charge is 2.26. The second-order valence-electron chi connectivity index (χ2n) is 6.95. The molecule has 2 aromatic heterocycles. The largest absolute Gasteiger partial charge is 0.461 e. The molecular formula is C20H21FN4O3S. The van der Waals surface area contributed by atoms with Crippen LogP contribution in [-0.4, -0.2) is 33.2 Å². The summed E-state index contributed by atoms with van der Waals surface area (Å²) in [6.45, 7) is 1.93. The van der Waals surface area contributed by atoms with Crippen molar-refractivity contribution in [2.45, 2.75) is 39.0 Å². The van der Waals surface area contributed by atoms with Crippen molar-refractivity contribution in [1.29, 1.82) is 0 Å². The van der Waals surface area contributed by atoms with E-state index in [-0.39, 0.29) is 29.9 Å². The molecule has 9 heteroatoms.